The second kappa shape index (κ2) is 2.80. The van der Waals surface area contributed by atoms with E-state index in [1.807, 2.05) is 17.6 Å². The van der Waals surface area contributed by atoms with Gasteiger partial charge in [0.25, 0.3) is 0 Å². The Labute approximate surface area is 73.6 Å². The van der Waals surface area contributed by atoms with Crippen LogP contribution in [0.5, 0.6) is 0 Å². The van der Waals surface area contributed by atoms with Crippen LogP contribution in [0.3, 0.4) is 0 Å². The maximum absolute atomic E-state index is 5.73. The first-order chi connectivity index (χ1) is 5.42. The van der Waals surface area contributed by atoms with E-state index in [4.69, 9.17) is 11.6 Å². The topological polar surface area (TPSA) is 12.9 Å². The third-order valence-corrected chi connectivity index (χ3v) is 2.67. The first-order valence-corrected chi connectivity index (χ1v) is 4.70. The minimum Gasteiger partial charge on any atom is -0.244 e. The molecule has 3 heteroatoms. The molecule has 2 aromatic rings. The fourth-order valence-corrected chi connectivity index (χ4v) is 1.99. The maximum Gasteiger partial charge on any atom is 0.0856 e. The lowest BCUT2D eigenvalue weighted by Gasteiger charge is -1.93. The predicted octanol–water partition coefficient (Wildman–Crippen LogP) is 3.04. The van der Waals surface area contributed by atoms with Crippen molar-refractivity contribution < 1.29 is 0 Å². The Bertz CT molecular complexity index is 369. The summed E-state index contributed by atoms with van der Waals surface area (Å²) in [6, 6.07) is 6.08. The van der Waals surface area contributed by atoms with Crippen molar-refractivity contribution in [2.45, 2.75) is 5.88 Å². The Morgan fingerprint density at radius 1 is 1.45 bits per heavy atom. The van der Waals surface area contributed by atoms with Crippen molar-refractivity contribution >= 4 is 33.2 Å². The Hall–Kier alpha value is -0.600. The van der Waals surface area contributed by atoms with Crippen molar-refractivity contribution in [1.82, 2.24) is 4.98 Å². The molecule has 56 valence electrons. The fourth-order valence-electron chi connectivity index (χ4n) is 1.05. The number of thiazole rings is 1. The lowest BCUT2D eigenvalue weighted by molar-refractivity contribution is 1.39. The summed E-state index contributed by atoms with van der Waals surface area (Å²) < 4.78 is 1.21. The monoisotopic (exact) mass is 183 g/mol. The van der Waals surface area contributed by atoms with E-state index in [-0.39, 0.29) is 0 Å². The third kappa shape index (κ3) is 1.12. The largest absolute Gasteiger partial charge is 0.244 e. The van der Waals surface area contributed by atoms with E-state index < -0.39 is 0 Å². The van der Waals surface area contributed by atoms with E-state index in [2.05, 4.69) is 11.1 Å². The van der Waals surface area contributed by atoms with Crippen LogP contribution in [0.2, 0.25) is 0 Å². The molecule has 0 saturated carbocycles. The van der Waals surface area contributed by atoms with Crippen molar-refractivity contribution in [2.24, 2.45) is 0 Å². The third-order valence-electron chi connectivity index (χ3n) is 1.59. The summed E-state index contributed by atoms with van der Waals surface area (Å²) in [7, 11) is 0. The number of para-hydroxylation sites is 1. The molecule has 0 saturated heterocycles. The number of nitrogens with zero attached hydrogens (tertiary/aromatic N) is 1. The summed E-state index contributed by atoms with van der Waals surface area (Å²) in [5.41, 5.74) is 4.01. The maximum atomic E-state index is 5.73. The smallest absolute Gasteiger partial charge is 0.0856 e. The average molecular weight is 184 g/mol. The summed E-state index contributed by atoms with van der Waals surface area (Å²) >= 11 is 7.37. The fraction of sp³-hybridized carbons (Fsp3) is 0.125. The van der Waals surface area contributed by atoms with Gasteiger partial charge < -0.3 is 0 Å². The molecule has 1 aromatic heterocycles. The highest BCUT2D eigenvalue weighted by Crippen LogP contribution is 2.21. The number of rotatable bonds is 1. The number of alkyl halides is 1. The second-order valence-electron chi connectivity index (χ2n) is 2.25. The number of halogens is 1. The summed E-state index contributed by atoms with van der Waals surface area (Å²) in [4.78, 5) is 4.22. The number of aromatic nitrogens is 1. The standard InChI is InChI=1S/C8H6ClNS/c9-4-6-2-1-3-7-8(6)10-5-11-7/h1-3,5H,4H2. The summed E-state index contributed by atoms with van der Waals surface area (Å²) in [5, 5.41) is 0. The van der Waals surface area contributed by atoms with Crippen LogP contribution >= 0.6 is 22.9 Å². The zero-order chi connectivity index (χ0) is 7.68. The second-order valence-corrected chi connectivity index (χ2v) is 3.40. The first-order valence-electron chi connectivity index (χ1n) is 3.29. The average Bonchev–Trinajstić information content (AvgIpc) is 2.50. The van der Waals surface area contributed by atoms with Crippen molar-refractivity contribution in [3.05, 3.63) is 29.3 Å². The molecule has 2 rings (SSSR count). The van der Waals surface area contributed by atoms with Gasteiger partial charge in [0, 0.05) is 5.88 Å². The number of hydrogen-bond acceptors (Lipinski definition) is 2. The van der Waals surface area contributed by atoms with E-state index in [1.165, 1.54) is 4.70 Å². The molecular formula is C8H6ClNS. The van der Waals surface area contributed by atoms with Gasteiger partial charge >= 0.3 is 0 Å². The van der Waals surface area contributed by atoms with Crippen molar-refractivity contribution in [1.29, 1.82) is 0 Å². The number of fused-ring (bicyclic) bond motifs is 1. The summed E-state index contributed by atoms with van der Waals surface area (Å²) in [6.07, 6.45) is 0. The molecule has 0 fully saturated rings. The minimum atomic E-state index is 0.543. The zero-order valence-corrected chi connectivity index (χ0v) is 7.32. The van der Waals surface area contributed by atoms with Gasteiger partial charge in [0.1, 0.15) is 0 Å². The minimum absolute atomic E-state index is 0.543. The summed E-state index contributed by atoms with van der Waals surface area (Å²) in [6.45, 7) is 0. The molecule has 0 radical (unpaired) electrons. The highest BCUT2D eigenvalue weighted by atomic mass is 35.5. The van der Waals surface area contributed by atoms with Gasteiger partial charge in [0.2, 0.25) is 0 Å². The SMILES string of the molecule is ClCc1cccc2scnc12. The molecule has 0 aliphatic rings. The van der Waals surface area contributed by atoms with Gasteiger partial charge in [0.15, 0.2) is 0 Å². The molecule has 0 atom stereocenters. The quantitative estimate of drug-likeness (QED) is 0.620. The van der Waals surface area contributed by atoms with Gasteiger partial charge in [0.05, 0.1) is 15.7 Å². The van der Waals surface area contributed by atoms with Gasteiger partial charge in [-0.15, -0.1) is 22.9 Å². The van der Waals surface area contributed by atoms with Gasteiger partial charge in [-0.1, -0.05) is 12.1 Å². The predicted molar refractivity (Wildman–Crippen MR) is 49.2 cm³/mol. The molecule has 1 aromatic carbocycles. The zero-order valence-electron chi connectivity index (χ0n) is 5.75. The molecule has 1 nitrogen and oxygen atoms in total. The number of benzene rings is 1. The van der Waals surface area contributed by atoms with Crippen molar-refractivity contribution in [2.75, 3.05) is 0 Å². The van der Waals surface area contributed by atoms with Crippen molar-refractivity contribution in [3.63, 3.8) is 0 Å². The van der Waals surface area contributed by atoms with E-state index in [1.54, 1.807) is 11.3 Å². The Morgan fingerprint density at radius 3 is 3.18 bits per heavy atom. The van der Waals surface area contributed by atoms with Gasteiger partial charge in [-0.25, -0.2) is 4.98 Å². The molecular weight excluding hydrogens is 178 g/mol. The molecule has 1 heterocycles. The van der Waals surface area contributed by atoms with Gasteiger partial charge in [-0.3, -0.25) is 0 Å². The molecule has 0 amide bonds. The molecule has 0 unspecified atom stereocenters. The Morgan fingerprint density at radius 2 is 2.36 bits per heavy atom. The Kier molecular flexibility index (Phi) is 1.80. The van der Waals surface area contributed by atoms with Crippen LogP contribution in [0.4, 0.5) is 0 Å². The van der Waals surface area contributed by atoms with Crippen LogP contribution in [0.15, 0.2) is 23.7 Å². The van der Waals surface area contributed by atoms with Crippen molar-refractivity contribution in [3.8, 4) is 0 Å². The van der Waals surface area contributed by atoms with Crippen LogP contribution in [-0.2, 0) is 5.88 Å². The molecule has 0 aliphatic heterocycles. The lowest BCUT2D eigenvalue weighted by atomic mass is 10.2. The normalized spacial score (nSPS) is 10.6. The van der Waals surface area contributed by atoms with E-state index >= 15 is 0 Å². The highest BCUT2D eigenvalue weighted by molar-refractivity contribution is 7.16. The molecule has 11 heavy (non-hydrogen) atoms. The molecule has 0 spiro atoms. The Balaban J connectivity index is 2.79. The van der Waals surface area contributed by atoms with Crippen LogP contribution < -0.4 is 0 Å². The van der Waals surface area contributed by atoms with Crippen LogP contribution in [0.25, 0.3) is 10.2 Å². The number of hydrogen-bond donors (Lipinski definition) is 0. The van der Waals surface area contributed by atoms with Crippen LogP contribution in [0, 0.1) is 0 Å². The van der Waals surface area contributed by atoms with Crippen LogP contribution in [-0.4, -0.2) is 4.98 Å². The lowest BCUT2D eigenvalue weighted by Crippen LogP contribution is -1.78. The molecule has 0 bridgehead atoms. The summed E-state index contributed by atoms with van der Waals surface area (Å²) in [5.74, 6) is 0.543. The molecule has 0 N–H and O–H groups in total. The van der Waals surface area contributed by atoms with Gasteiger partial charge in [-0.2, -0.15) is 0 Å². The van der Waals surface area contributed by atoms with Crippen LogP contribution in [0.1, 0.15) is 5.56 Å². The van der Waals surface area contributed by atoms with E-state index in [0.717, 1.165) is 11.1 Å². The molecule has 0 aliphatic carbocycles. The highest BCUT2D eigenvalue weighted by Gasteiger charge is 2.00. The van der Waals surface area contributed by atoms with Gasteiger partial charge in [-0.05, 0) is 11.6 Å². The first kappa shape index (κ1) is 7.07. The van der Waals surface area contributed by atoms with E-state index in [9.17, 15) is 0 Å². The van der Waals surface area contributed by atoms with E-state index in [0.29, 0.717) is 5.88 Å².